The third-order valence-corrected chi connectivity index (χ3v) is 9.47. The van der Waals surface area contributed by atoms with Gasteiger partial charge in [0.15, 0.2) is 17.6 Å². The lowest BCUT2D eigenvalue weighted by Gasteiger charge is -2.44. The normalized spacial score (nSPS) is 22.5. The zero-order chi connectivity index (χ0) is 38.4. The number of hydrogen-bond acceptors (Lipinski definition) is 14. The Kier molecular flexibility index (Phi) is 12.4. The average molecular weight is 738 g/mol. The molecule has 1 N–H and O–H groups in total. The number of ether oxygens (including phenoxy) is 7. The summed E-state index contributed by atoms with van der Waals surface area (Å²) in [7, 11) is 3.49. The van der Waals surface area contributed by atoms with E-state index in [4.69, 9.17) is 33.2 Å². The minimum absolute atomic E-state index is 0.0209. The maximum Gasteiger partial charge on any atom is 0.357 e. The summed E-state index contributed by atoms with van der Waals surface area (Å²) in [4.78, 5) is 67.8. The van der Waals surface area contributed by atoms with Gasteiger partial charge < -0.3 is 43.2 Å². The Labute approximate surface area is 308 Å². The molecule has 6 bridgehead atoms. The molecule has 0 unspecified atom stereocenters. The van der Waals surface area contributed by atoms with Crippen molar-refractivity contribution >= 4 is 29.8 Å². The topological polar surface area (TPSA) is 173 Å². The lowest BCUT2D eigenvalue weighted by Crippen LogP contribution is -2.56. The molecule has 0 fully saturated rings. The number of esters is 5. The molecule has 2 aliphatic heterocycles. The summed E-state index contributed by atoms with van der Waals surface area (Å²) in [5.74, 6) is -4.73. The third-order valence-electron chi connectivity index (χ3n) is 9.47. The lowest BCUT2D eigenvalue weighted by atomic mass is 9.77. The predicted molar refractivity (Wildman–Crippen MR) is 186 cm³/mol. The second-order valence-corrected chi connectivity index (χ2v) is 14.0. The molecule has 14 heteroatoms. The first kappa shape index (κ1) is 39.3. The molecule has 14 nitrogen and oxygen atoms in total. The van der Waals surface area contributed by atoms with Crippen LogP contribution in [-0.4, -0.2) is 97.1 Å². The van der Waals surface area contributed by atoms with Crippen molar-refractivity contribution in [1.29, 1.82) is 0 Å². The van der Waals surface area contributed by atoms with Crippen LogP contribution in [0.25, 0.3) is 0 Å². The highest BCUT2D eigenvalue weighted by Crippen LogP contribution is 2.45. The maximum absolute atomic E-state index is 14.0. The molecule has 5 rings (SSSR count). The van der Waals surface area contributed by atoms with Crippen molar-refractivity contribution in [3.8, 4) is 11.5 Å². The number of fused-ring (bicyclic) bond motifs is 4. The smallest absolute Gasteiger partial charge is 0.357 e. The van der Waals surface area contributed by atoms with Crippen LogP contribution >= 0.6 is 0 Å². The van der Waals surface area contributed by atoms with Crippen molar-refractivity contribution < 1.29 is 62.2 Å². The maximum atomic E-state index is 14.0. The number of benzene rings is 2. The summed E-state index contributed by atoms with van der Waals surface area (Å²) in [5, 5.41) is 12.2. The van der Waals surface area contributed by atoms with E-state index in [1.165, 1.54) is 25.3 Å². The highest BCUT2D eigenvalue weighted by molar-refractivity contribution is 5.91. The molecular formula is C39H47NO13. The van der Waals surface area contributed by atoms with E-state index < -0.39 is 59.9 Å². The summed E-state index contributed by atoms with van der Waals surface area (Å²) in [6.07, 6.45) is -3.33. The molecule has 2 heterocycles. The van der Waals surface area contributed by atoms with Crippen molar-refractivity contribution in [2.45, 2.75) is 95.9 Å². The zero-order valence-corrected chi connectivity index (χ0v) is 30.8. The zero-order valence-electron chi connectivity index (χ0n) is 30.8. The van der Waals surface area contributed by atoms with Crippen LogP contribution in [0.2, 0.25) is 0 Å². The van der Waals surface area contributed by atoms with Crippen LogP contribution in [0, 0.1) is 5.92 Å². The molecule has 0 amide bonds. The van der Waals surface area contributed by atoms with Crippen LogP contribution in [0.1, 0.15) is 69.8 Å². The first-order chi connectivity index (χ1) is 25.2. The Morgan fingerprint density at radius 3 is 2.26 bits per heavy atom. The summed E-state index contributed by atoms with van der Waals surface area (Å²) in [6, 6.07) is 11.5. The van der Waals surface area contributed by atoms with Gasteiger partial charge in [0.2, 0.25) is 18.3 Å². The summed E-state index contributed by atoms with van der Waals surface area (Å²) >= 11 is 0. The number of aliphatic hydroxyl groups is 1. The standard InChI is InChI=1S/C39H47NO13/c1-22(2)21-48-36(43)32(25-11-8-7-9-12-25)53-38(45)35(50-24(4)42)34(49-23(3)41)37(44)52-28-16-17-39(46)20-30(28)51-33-27-13-10-18-40(5)31(39)19-26(27)14-15-29(33)47-6/h7-9,11-12,14-16,22,30-32,34-35,46H,10,13,17-21H2,1-6H3/t30-,31-,32+,34-,35-,39+/m1/s1. The van der Waals surface area contributed by atoms with Crippen molar-refractivity contribution in [3.63, 3.8) is 0 Å². The van der Waals surface area contributed by atoms with Crippen LogP contribution in [-0.2, 0) is 60.5 Å². The number of likely N-dealkylation sites (N-methyl/N-ethyl adjacent to an activating group) is 1. The molecule has 286 valence electrons. The van der Waals surface area contributed by atoms with Gasteiger partial charge in [0.25, 0.3) is 0 Å². The Balaban J connectivity index is 1.47. The van der Waals surface area contributed by atoms with Gasteiger partial charge in [0, 0.05) is 37.4 Å². The predicted octanol–water partition coefficient (Wildman–Crippen LogP) is 3.54. The number of nitrogens with zero attached hydrogens (tertiary/aromatic N) is 1. The van der Waals surface area contributed by atoms with Crippen molar-refractivity contribution in [2.75, 3.05) is 27.3 Å². The Hall–Kier alpha value is -4.95. The summed E-state index contributed by atoms with van der Waals surface area (Å²) in [5.41, 5.74) is 0.891. The van der Waals surface area contributed by atoms with Gasteiger partial charge in [-0.2, -0.15) is 0 Å². The van der Waals surface area contributed by atoms with Gasteiger partial charge in [-0.25, -0.2) is 14.4 Å². The second-order valence-electron chi connectivity index (χ2n) is 14.0. The Bertz CT molecular complexity index is 1720. The minimum atomic E-state index is -2.19. The van der Waals surface area contributed by atoms with E-state index in [2.05, 4.69) is 4.90 Å². The quantitative estimate of drug-likeness (QED) is 0.248. The van der Waals surface area contributed by atoms with E-state index in [0.717, 1.165) is 37.9 Å². The molecule has 6 atom stereocenters. The molecule has 53 heavy (non-hydrogen) atoms. The van der Waals surface area contributed by atoms with Crippen LogP contribution in [0.3, 0.4) is 0 Å². The number of rotatable bonds is 12. The third kappa shape index (κ3) is 9.17. The largest absolute Gasteiger partial charge is 0.493 e. The number of carbonyl (C=O) groups is 5. The number of carbonyl (C=O) groups excluding carboxylic acids is 5. The Morgan fingerprint density at radius 2 is 1.62 bits per heavy atom. The summed E-state index contributed by atoms with van der Waals surface area (Å²) in [6.45, 7) is 6.39. The van der Waals surface area contributed by atoms with E-state index in [1.807, 2.05) is 27.0 Å². The van der Waals surface area contributed by atoms with Crippen LogP contribution in [0.5, 0.6) is 11.5 Å². The molecule has 0 saturated carbocycles. The number of hydrogen-bond donors (Lipinski definition) is 1. The molecule has 0 radical (unpaired) electrons. The van der Waals surface area contributed by atoms with Crippen LogP contribution in [0.15, 0.2) is 54.3 Å². The fourth-order valence-corrected chi connectivity index (χ4v) is 6.95. The second kappa shape index (κ2) is 16.8. The molecule has 2 aromatic carbocycles. The van der Waals surface area contributed by atoms with Gasteiger partial charge in [-0.15, -0.1) is 0 Å². The van der Waals surface area contributed by atoms with Crippen LogP contribution in [0.4, 0.5) is 0 Å². The first-order valence-corrected chi connectivity index (χ1v) is 17.7. The van der Waals surface area contributed by atoms with Crippen LogP contribution < -0.4 is 9.47 Å². The van der Waals surface area contributed by atoms with E-state index >= 15 is 0 Å². The molecule has 0 aromatic heterocycles. The Morgan fingerprint density at radius 1 is 0.943 bits per heavy atom. The molecule has 0 spiro atoms. The highest BCUT2D eigenvalue weighted by Gasteiger charge is 2.49. The van der Waals surface area contributed by atoms with Crippen molar-refractivity contribution in [1.82, 2.24) is 4.90 Å². The van der Waals surface area contributed by atoms with Crippen molar-refractivity contribution in [2.24, 2.45) is 5.92 Å². The SMILES string of the molecule is COc1ccc2c3c1O[C@@H]1C[C@@](O)(CC=C1OC(=O)[C@H](OC(C)=O)[C@@H](OC(C)=O)C(=O)O[C@H](C(=O)OCC(C)C)c1ccccc1)[C@@H](C2)N(C)CCC3. The van der Waals surface area contributed by atoms with E-state index in [9.17, 15) is 29.1 Å². The average Bonchev–Trinajstić information content (AvgIpc) is 3.11. The molecule has 3 aliphatic rings. The summed E-state index contributed by atoms with van der Waals surface area (Å²) < 4.78 is 39.5. The monoisotopic (exact) mass is 737 g/mol. The van der Waals surface area contributed by atoms with Gasteiger partial charge >= 0.3 is 29.8 Å². The van der Waals surface area contributed by atoms with E-state index in [1.54, 1.807) is 24.3 Å². The fraction of sp³-hybridized carbons (Fsp3) is 0.513. The van der Waals surface area contributed by atoms with E-state index in [-0.39, 0.29) is 42.7 Å². The number of methoxy groups -OCH3 is 1. The van der Waals surface area contributed by atoms with Gasteiger partial charge in [-0.1, -0.05) is 50.2 Å². The molecular weight excluding hydrogens is 690 g/mol. The minimum Gasteiger partial charge on any atom is -0.493 e. The highest BCUT2D eigenvalue weighted by atomic mass is 16.7. The van der Waals surface area contributed by atoms with Gasteiger partial charge in [-0.3, -0.25) is 9.59 Å². The first-order valence-electron chi connectivity index (χ1n) is 17.7. The van der Waals surface area contributed by atoms with Gasteiger partial charge in [-0.05, 0) is 62.9 Å². The molecule has 0 saturated heterocycles. The van der Waals surface area contributed by atoms with E-state index in [0.29, 0.717) is 24.3 Å². The fourth-order valence-electron chi connectivity index (χ4n) is 6.95. The van der Waals surface area contributed by atoms with Gasteiger partial charge in [0.05, 0.1) is 19.3 Å². The molecule has 2 aromatic rings. The van der Waals surface area contributed by atoms with Crippen molar-refractivity contribution in [3.05, 3.63) is 71.0 Å². The van der Waals surface area contributed by atoms with Gasteiger partial charge in [0.1, 0.15) is 5.76 Å². The molecule has 1 aliphatic carbocycles. The lowest BCUT2D eigenvalue weighted by molar-refractivity contribution is -0.194.